The van der Waals surface area contributed by atoms with Crippen molar-refractivity contribution in [2.24, 2.45) is 0 Å². The molecule has 34 heavy (non-hydrogen) atoms. The number of hydrogen-bond donors (Lipinski definition) is 2. The largest absolute Gasteiger partial charge is 0.490 e. The lowest BCUT2D eigenvalue weighted by Gasteiger charge is -2.10. The molecular formula is C27H25NO5S. The molecule has 3 aromatic carbocycles. The molecule has 0 atom stereocenters. The van der Waals surface area contributed by atoms with Gasteiger partial charge in [0.05, 0.1) is 5.56 Å². The molecule has 0 saturated heterocycles. The van der Waals surface area contributed by atoms with Gasteiger partial charge in [-0.05, 0) is 76.3 Å². The van der Waals surface area contributed by atoms with Crippen molar-refractivity contribution in [3.63, 3.8) is 0 Å². The van der Waals surface area contributed by atoms with E-state index in [2.05, 4.69) is 16.8 Å². The Labute approximate surface area is 201 Å². The lowest BCUT2D eigenvalue weighted by Crippen LogP contribution is -2.22. The summed E-state index contributed by atoms with van der Waals surface area (Å²) in [5.41, 5.74) is 3.40. The Kier molecular flexibility index (Phi) is 7.44. The van der Waals surface area contributed by atoms with Crippen molar-refractivity contribution >= 4 is 33.3 Å². The topological polar surface area (TPSA) is 84.9 Å². The fraction of sp³-hybridized carbons (Fsp3) is 0.185. The average molecular weight is 476 g/mol. The first-order valence-corrected chi connectivity index (χ1v) is 11.8. The molecule has 4 aromatic rings. The monoisotopic (exact) mass is 475 g/mol. The van der Waals surface area contributed by atoms with Crippen molar-refractivity contribution in [2.75, 3.05) is 19.8 Å². The first kappa shape index (κ1) is 23.3. The van der Waals surface area contributed by atoms with E-state index in [0.717, 1.165) is 34.4 Å². The number of rotatable bonds is 10. The summed E-state index contributed by atoms with van der Waals surface area (Å²) < 4.78 is 12.9. The van der Waals surface area contributed by atoms with E-state index < -0.39 is 5.97 Å². The third-order valence-electron chi connectivity index (χ3n) is 5.33. The number of amides is 1. The minimum absolute atomic E-state index is 0.0207. The second-order valence-electron chi connectivity index (χ2n) is 7.76. The molecule has 1 amide bonds. The van der Waals surface area contributed by atoms with Gasteiger partial charge in [0.15, 0.2) is 0 Å². The highest BCUT2D eigenvalue weighted by atomic mass is 32.1. The Morgan fingerprint density at radius 3 is 2.15 bits per heavy atom. The van der Waals surface area contributed by atoms with E-state index in [4.69, 9.17) is 14.6 Å². The van der Waals surface area contributed by atoms with E-state index in [9.17, 15) is 9.59 Å². The van der Waals surface area contributed by atoms with E-state index in [1.807, 2.05) is 36.4 Å². The van der Waals surface area contributed by atoms with Gasteiger partial charge in [-0.3, -0.25) is 4.79 Å². The summed E-state index contributed by atoms with van der Waals surface area (Å²) in [6, 6.07) is 20.5. The van der Waals surface area contributed by atoms with Crippen LogP contribution >= 0.6 is 11.3 Å². The fourth-order valence-corrected chi connectivity index (χ4v) is 4.56. The number of nitrogens with one attached hydrogen (secondary N) is 1. The van der Waals surface area contributed by atoms with Gasteiger partial charge in [-0.1, -0.05) is 24.3 Å². The Morgan fingerprint density at radius 2 is 1.50 bits per heavy atom. The summed E-state index contributed by atoms with van der Waals surface area (Å²) in [4.78, 5) is 22.1. The molecular weight excluding hydrogens is 450 g/mol. The first-order chi connectivity index (χ1) is 16.5. The zero-order valence-corrected chi connectivity index (χ0v) is 19.6. The van der Waals surface area contributed by atoms with Crippen molar-refractivity contribution in [1.82, 2.24) is 5.32 Å². The SMILES string of the molecule is CC(=O)NCCc1csc2ccc(OCCOc3ccc(-c4ccc(C(=O)O)cc4)cc3)cc12. The first-order valence-electron chi connectivity index (χ1n) is 10.9. The van der Waals surface area contributed by atoms with Crippen LogP contribution in [0.25, 0.3) is 21.2 Å². The molecule has 2 N–H and O–H groups in total. The average Bonchev–Trinajstić information content (AvgIpc) is 3.24. The summed E-state index contributed by atoms with van der Waals surface area (Å²) in [5, 5.41) is 15.1. The van der Waals surface area contributed by atoms with Crippen molar-refractivity contribution in [2.45, 2.75) is 13.3 Å². The van der Waals surface area contributed by atoms with Gasteiger partial charge in [-0.2, -0.15) is 0 Å². The number of thiophene rings is 1. The number of benzene rings is 3. The quantitative estimate of drug-likeness (QED) is 0.300. The van der Waals surface area contributed by atoms with E-state index >= 15 is 0 Å². The number of carboxylic acids is 1. The summed E-state index contributed by atoms with van der Waals surface area (Å²) in [5.74, 6) is 0.571. The molecule has 0 aliphatic carbocycles. The lowest BCUT2D eigenvalue weighted by molar-refractivity contribution is -0.118. The van der Waals surface area contributed by atoms with Crippen LogP contribution in [-0.2, 0) is 11.2 Å². The van der Waals surface area contributed by atoms with Crippen LogP contribution in [-0.4, -0.2) is 36.7 Å². The zero-order valence-electron chi connectivity index (χ0n) is 18.7. The minimum atomic E-state index is -0.935. The maximum atomic E-state index is 11.1. The van der Waals surface area contributed by atoms with Gasteiger partial charge in [-0.15, -0.1) is 11.3 Å². The highest BCUT2D eigenvalue weighted by molar-refractivity contribution is 7.17. The van der Waals surface area contributed by atoms with Crippen molar-refractivity contribution < 1.29 is 24.2 Å². The highest BCUT2D eigenvalue weighted by Gasteiger charge is 2.07. The van der Waals surface area contributed by atoms with E-state index in [1.54, 1.807) is 35.6 Å². The molecule has 0 saturated carbocycles. The van der Waals surface area contributed by atoms with E-state index in [1.165, 1.54) is 17.2 Å². The van der Waals surface area contributed by atoms with Crippen LogP contribution in [0.2, 0.25) is 0 Å². The van der Waals surface area contributed by atoms with Crippen LogP contribution in [0.4, 0.5) is 0 Å². The predicted octanol–water partition coefficient (Wildman–Crippen LogP) is 5.40. The number of carbonyl (C=O) groups excluding carboxylic acids is 1. The van der Waals surface area contributed by atoms with Crippen LogP contribution in [0, 0.1) is 0 Å². The molecule has 1 aromatic heterocycles. The third kappa shape index (κ3) is 5.94. The molecule has 7 heteroatoms. The molecule has 0 aliphatic heterocycles. The van der Waals surface area contributed by atoms with E-state index in [0.29, 0.717) is 19.8 Å². The van der Waals surface area contributed by atoms with Crippen molar-refractivity contribution in [3.8, 4) is 22.6 Å². The Hall–Kier alpha value is -3.84. The van der Waals surface area contributed by atoms with Crippen LogP contribution in [0.5, 0.6) is 11.5 Å². The minimum Gasteiger partial charge on any atom is -0.490 e. The number of carbonyl (C=O) groups is 2. The van der Waals surface area contributed by atoms with Crippen LogP contribution in [0.15, 0.2) is 72.1 Å². The summed E-state index contributed by atoms with van der Waals surface area (Å²) in [6.45, 7) is 2.96. The molecule has 0 aliphatic rings. The van der Waals surface area contributed by atoms with Gasteiger partial charge < -0.3 is 19.9 Å². The smallest absolute Gasteiger partial charge is 0.335 e. The van der Waals surface area contributed by atoms with Gasteiger partial charge in [0.1, 0.15) is 24.7 Å². The van der Waals surface area contributed by atoms with Crippen LogP contribution in [0.3, 0.4) is 0 Å². The lowest BCUT2D eigenvalue weighted by atomic mass is 10.0. The number of carboxylic acid groups (broad SMARTS) is 1. The number of aromatic carboxylic acids is 1. The Morgan fingerprint density at radius 1 is 0.882 bits per heavy atom. The van der Waals surface area contributed by atoms with Crippen molar-refractivity contribution in [1.29, 1.82) is 0 Å². The Bertz CT molecular complexity index is 1280. The maximum Gasteiger partial charge on any atom is 0.335 e. The van der Waals surface area contributed by atoms with Gasteiger partial charge in [-0.25, -0.2) is 4.79 Å². The molecule has 174 valence electrons. The number of hydrogen-bond acceptors (Lipinski definition) is 5. The molecule has 0 fully saturated rings. The molecule has 0 spiro atoms. The predicted molar refractivity (Wildman–Crippen MR) is 134 cm³/mol. The van der Waals surface area contributed by atoms with Gasteiger partial charge >= 0.3 is 5.97 Å². The Balaban J connectivity index is 1.28. The molecule has 0 bridgehead atoms. The molecule has 0 unspecified atom stereocenters. The molecule has 0 radical (unpaired) electrons. The second kappa shape index (κ2) is 10.9. The maximum absolute atomic E-state index is 11.1. The number of fused-ring (bicyclic) bond motifs is 1. The summed E-state index contributed by atoms with van der Waals surface area (Å²) >= 11 is 1.69. The fourth-order valence-electron chi connectivity index (χ4n) is 3.59. The van der Waals surface area contributed by atoms with Gasteiger partial charge in [0.2, 0.25) is 5.91 Å². The standard InChI is InChI=1S/C27H25NO5S/c1-18(29)28-13-12-22-17-34-26-11-10-24(16-25(22)26)33-15-14-32-23-8-6-20(7-9-23)19-2-4-21(5-3-19)27(30)31/h2-11,16-17H,12-15H2,1H3,(H,28,29)(H,30,31). The molecule has 1 heterocycles. The van der Waals surface area contributed by atoms with E-state index in [-0.39, 0.29) is 11.5 Å². The summed E-state index contributed by atoms with van der Waals surface area (Å²) in [7, 11) is 0. The normalized spacial score (nSPS) is 10.7. The van der Waals surface area contributed by atoms with Crippen LogP contribution < -0.4 is 14.8 Å². The second-order valence-corrected chi connectivity index (χ2v) is 8.67. The highest BCUT2D eigenvalue weighted by Crippen LogP contribution is 2.30. The van der Waals surface area contributed by atoms with Gasteiger partial charge in [0.25, 0.3) is 0 Å². The zero-order chi connectivity index (χ0) is 23.9. The van der Waals surface area contributed by atoms with Gasteiger partial charge in [0, 0.05) is 18.2 Å². The third-order valence-corrected chi connectivity index (χ3v) is 6.35. The summed E-state index contributed by atoms with van der Waals surface area (Å²) in [6.07, 6.45) is 0.784. The van der Waals surface area contributed by atoms with Crippen LogP contribution in [0.1, 0.15) is 22.8 Å². The number of ether oxygens (including phenoxy) is 2. The molecule has 6 nitrogen and oxygen atoms in total. The molecule has 4 rings (SSSR count). The van der Waals surface area contributed by atoms with Crippen molar-refractivity contribution in [3.05, 3.63) is 83.2 Å².